The third-order valence-corrected chi connectivity index (χ3v) is 4.86. The molecule has 0 bridgehead atoms. The number of hydrogen-bond donors (Lipinski definition) is 2. The number of aryl methyl sites for hydroxylation is 2. The molecule has 0 aliphatic heterocycles. The Bertz CT molecular complexity index is 1100. The van der Waals surface area contributed by atoms with E-state index in [0.717, 1.165) is 29.1 Å². The van der Waals surface area contributed by atoms with Gasteiger partial charge in [0.1, 0.15) is 0 Å². The Morgan fingerprint density at radius 1 is 1.16 bits per heavy atom. The van der Waals surface area contributed by atoms with Crippen molar-refractivity contribution in [3.05, 3.63) is 64.9 Å². The zero-order valence-electron chi connectivity index (χ0n) is 17.1. The molecule has 164 valence electrons. The SMILES string of the molecule is Cc1nn(C)c(C)c1CCC(=O)Nc1ccc(NC(=O)c2ccco2)cc1C(F)(F)F. The van der Waals surface area contributed by atoms with Crippen LogP contribution in [0.1, 0.15) is 39.5 Å². The molecule has 2 aromatic heterocycles. The second kappa shape index (κ2) is 8.66. The van der Waals surface area contributed by atoms with Crippen LogP contribution in [0.15, 0.2) is 41.0 Å². The molecule has 0 fully saturated rings. The first-order chi connectivity index (χ1) is 14.6. The molecule has 7 nitrogen and oxygen atoms in total. The number of carbonyl (C=O) groups excluding carboxylic acids is 2. The summed E-state index contributed by atoms with van der Waals surface area (Å²) in [6, 6.07) is 6.04. The molecule has 2 heterocycles. The highest BCUT2D eigenvalue weighted by molar-refractivity contribution is 6.02. The molecule has 0 atom stereocenters. The number of carbonyl (C=O) groups is 2. The monoisotopic (exact) mass is 434 g/mol. The van der Waals surface area contributed by atoms with Gasteiger partial charge in [0.2, 0.25) is 5.91 Å². The van der Waals surface area contributed by atoms with Crippen molar-refractivity contribution in [2.75, 3.05) is 10.6 Å². The fourth-order valence-electron chi connectivity index (χ4n) is 3.20. The molecule has 0 aliphatic rings. The number of amides is 2. The van der Waals surface area contributed by atoms with Gasteiger partial charge in [0.15, 0.2) is 5.76 Å². The van der Waals surface area contributed by atoms with E-state index in [1.807, 2.05) is 13.8 Å². The molecule has 0 aliphatic carbocycles. The smallest absolute Gasteiger partial charge is 0.418 e. The number of alkyl halides is 3. The van der Waals surface area contributed by atoms with E-state index in [0.29, 0.717) is 6.42 Å². The van der Waals surface area contributed by atoms with Gasteiger partial charge in [-0.1, -0.05) is 0 Å². The molecule has 2 amide bonds. The number of hydrogen-bond acceptors (Lipinski definition) is 4. The van der Waals surface area contributed by atoms with Gasteiger partial charge in [-0.25, -0.2) is 0 Å². The summed E-state index contributed by atoms with van der Waals surface area (Å²) in [5, 5.41) is 8.93. The first-order valence-corrected chi connectivity index (χ1v) is 9.41. The molecule has 0 saturated heterocycles. The van der Waals surface area contributed by atoms with Crippen molar-refractivity contribution in [2.45, 2.75) is 32.9 Å². The Hall–Kier alpha value is -3.56. The second-order valence-corrected chi connectivity index (χ2v) is 7.01. The predicted octanol–water partition coefficient (Wildman–Crippen LogP) is 4.47. The Morgan fingerprint density at radius 3 is 2.48 bits per heavy atom. The van der Waals surface area contributed by atoms with Crippen molar-refractivity contribution in [3.8, 4) is 0 Å². The quantitative estimate of drug-likeness (QED) is 0.599. The lowest BCUT2D eigenvalue weighted by atomic mass is 10.1. The number of halogens is 3. The van der Waals surface area contributed by atoms with E-state index in [2.05, 4.69) is 15.7 Å². The molecule has 10 heteroatoms. The van der Waals surface area contributed by atoms with Crippen molar-refractivity contribution in [1.82, 2.24) is 9.78 Å². The van der Waals surface area contributed by atoms with Gasteiger partial charge in [0.25, 0.3) is 5.91 Å². The van der Waals surface area contributed by atoms with Gasteiger partial charge >= 0.3 is 6.18 Å². The first-order valence-electron chi connectivity index (χ1n) is 9.41. The third-order valence-electron chi connectivity index (χ3n) is 4.86. The highest BCUT2D eigenvalue weighted by atomic mass is 19.4. The van der Waals surface area contributed by atoms with Crippen molar-refractivity contribution < 1.29 is 27.2 Å². The van der Waals surface area contributed by atoms with Crippen LogP contribution in [0.25, 0.3) is 0 Å². The van der Waals surface area contributed by atoms with Crippen molar-refractivity contribution in [1.29, 1.82) is 0 Å². The summed E-state index contributed by atoms with van der Waals surface area (Å²) in [4.78, 5) is 24.3. The molecule has 2 N–H and O–H groups in total. The molecule has 0 radical (unpaired) electrons. The van der Waals surface area contributed by atoms with Crippen LogP contribution in [-0.2, 0) is 24.4 Å². The minimum atomic E-state index is -4.73. The zero-order chi connectivity index (χ0) is 22.8. The van der Waals surface area contributed by atoms with Crippen LogP contribution in [0.3, 0.4) is 0 Å². The van der Waals surface area contributed by atoms with E-state index in [1.54, 1.807) is 11.7 Å². The zero-order valence-corrected chi connectivity index (χ0v) is 17.1. The van der Waals surface area contributed by atoms with E-state index in [-0.39, 0.29) is 23.6 Å². The largest absolute Gasteiger partial charge is 0.459 e. The van der Waals surface area contributed by atoms with Crippen LogP contribution in [0, 0.1) is 13.8 Å². The van der Waals surface area contributed by atoms with Crippen molar-refractivity contribution >= 4 is 23.2 Å². The van der Waals surface area contributed by atoms with Crippen molar-refractivity contribution in [2.24, 2.45) is 7.05 Å². The van der Waals surface area contributed by atoms with E-state index in [9.17, 15) is 22.8 Å². The lowest BCUT2D eigenvalue weighted by Crippen LogP contribution is -2.18. The lowest BCUT2D eigenvalue weighted by molar-refractivity contribution is -0.136. The predicted molar refractivity (Wildman–Crippen MR) is 108 cm³/mol. The van der Waals surface area contributed by atoms with Gasteiger partial charge < -0.3 is 15.1 Å². The summed E-state index contributed by atoms with van der Waals surface area (Å²) in [5.74, 6) is -1.27. The molecule has 3 rings (SSSR count). The fourth-order valence-corrected chi connectivity index (χ4v) is 3.20. The lowest BCUT2D eigenvalue weighted by Gasteiger charge is -2.16. The van der Waals surface area contributed by atoms with E-state index in [1.165, 1.54) is 24.5 Å². The van der Waals surface area contributed by atoms with Crippen LogP contribution in [-0.4, -0.2) is 21.6 Å². The summed E-state index contributed by atoms with van der Waals surface area (Å²) in [6.07, 6.45) is -3.09. The summed E-state index contributed by atoms with van der Waals surface area (Å²) >= 11 is 0. The maximum absolute atomic E-state index is 13.6. The van der Waals surface area contributed by atoms with E-state index >= 15 is 0 Å². The van der Waals surface area contributed by atoms with Gasteiger partial charge in [-0.05, 0) is 56.2 Å². The van der Waals surface area contributed by atoms with Crippen LogP contribution in [0.2, 0.25) is 0 Å². The van der Waals surface area contributed by atoms with E-state index < -0.39 is 23.6 Å². The highest BCUT2D eigenvalue weighted by Gasteiger charge is 2.34. The number of rotatable bonds is 6. The number of anilines is 2. The normalized spacial score (nSPS) is 11.4. The maximum Gasteiger partial charge on any atom is 0.418 e. The van der Waals surface area contributed by atoms with E-state index in [4.69, 9.17) is 4.42 Å². The molecule has 31 heavy (non-hydrogen) atoms. The maximum atomic E-state index is 13.6. The van der Waals surface area contributed by atoms with Gasteiger partial charge in [0, 0.05) is 24.8 Å². The minimum Gasteiger partial charge on any atom is -0.459 e. The van der Waals surface area contributed by atoms with Gasteiger partial charge in [-0.3, -0.25) is 14.3 Å². The van der Waals surface area contributed by atoms with Crippen LogP contribution >= 0.6 is 0 Å². The van der Waals surface area contributed by atoms with Crippen LogP contribution in [0.5, 0.6) is 0 Å². The molecule has 0 unspecified atom stereocenters. The Kier molecular flexibility index (Phi) is 6.19. The average molecular weight is 434 g/mol. The van der Waals surface area contributed by atoms with Gasteiger partial charge in [-0.2, -0.15) is 18.3 Å². The number of furan rings is 1. The van der Waals surface area contributed by atoms with Crippen molar-refractivity contribution in [3.63, 3.8) is 0 Å². The van der Waals surface area contributed by atoms with Gasteiger partial charge in [0.05, 0.1) is 23.2 Å². The Labute approximate surface area is 176 Å². The van der Waals surface area contributed by atoms with Crippen LogP contribution in [0.4, 0.5) is 24.5 Å². The number of aromatic nitrogens is 2. The summed E-state index contributed by atoms with van der Waals surface area (Å²) in [7, 11) is 1.79. The molecule has 0 spiro atoms. The number of benzene rings is 1. The Balaban J connectivity index is 1.73. The fraction of sp³-hybridized carbons (Fsp3) is 0.286. The Morgan fingerprint density at radius 2 is 1.90 bits per heavy atom. The first kappa shape index (κ1) is 22.1. The average Bonchev–Trinajstić information content (AvgIpc) is 3.30. The summed E-state index contributed by atoms with van der Waals surface area (Å²) in [5.41, 5.74) is 1.05. The molecular weight excluding hydrogens is 413 g/mol. The number of nitrogens with one attached hydrogen (secondary N) is 2. The molecular formula is C21H21F3N4O3. The third kappa shape index (κ3) is 5.14. The minimum absolute atomic E-state index is 0.00164. The van der Waals surface area contributed by atoms with Gasteiger partial charge in [-0.15, -0.1) is 0 Å². The standard InChI is InChI=1S/C21H21F3N4O3/c1-12-15(13(2)28(3)27-12)7-9-19(29)26-17-8-6-14(11-16(17)21(22,23)24)25-20(30)18-5-4-10-31-18/h4-6,8,10-11H,7,9H2,1-3H3,(H,25,30)(H,26,29). The topological polar surface area (TPSA) is 89.2 Å². The molecule has 0 saturated carbocycles. The molecule has 1 aromatic carbocycles. The number of nitrogens with zero attached hydrogens (tertiary/aromatic N) is 2. The second-order valence-electron chi connectivity index (χ2n) is 7.01. The molecule has 3 aromatic rings. The summed E-state index contributed by atoms with van der Waals surface area (Å²) < 4.78 is 47.3. The summed E-state index contributed by atoms with van der Waals surface area (Å²) in [6.45, 7) is 3.68. The van der Waals surface area contributed by atoms with Crippen LogP contribution < -0.4 is 10.6 Å². The highest BCUT2D eigenvalue weighted by Crippen LogP contribution is 2.37.